The third-order valence-electron chi connectivity index (χ3n) is 2.78. The van der Waals surface area contributed by atoms with Crippen LogP contribution in [0.4, 0.5) is 9.18 Å². The van der Waals surface area contributed by atoms with E-state index in [1.54, 1.807) is 39.0 Å². The lowest BCUT2D eigenvalue weighted by atomic mass is 10.0. The van der Waals surface area contributed by atoms with Crippen molar-refractivity contribution in [3.63, 3.8) is 0 Å². The monoisotopic (exact) mass is 307 g/mol. The van der Waals surface area contributed by atoms with Gasteiger partial charge in [0.1, 0.15) is 11.4 Å². The number of ether oxygens (including phenoxy) is 1. The second-order valence-electron chi connectivity index (χ2n) is 5.84. The zero-order valence-corrected chi connectivity index (χ0v) is 13.4. The molecule has 0 bridgehead atoms. The number of amides is 1. The van der Waals surface area contributed by atoms with E-state index in [1.807, 2.05) is 0 Å². The van der Waals surface area contributed by atoms with Gasteiger partial charge in [-0.25, -0.2) is 9.18 Å². The number of aliphatic hydroxyl groups is 1. The number of hydrogen-bond donors (Lipinski definition) is 2. The summed E-state index contributed by atoms with van der Waals surface area (Å²) in [5, 5.41) is 12.1. The second-order valence-corrected chi connectivity index (χ2v) is 5.84. The van der Waals surface area contributed by atoms with E-state index in [9.17, 15) is 14.3 Å². The maximum atomic E-state index is 14.5. The number of allylic oxidation sites excluding steroid dienone is 3. The van der Waals surface area contributed by atoms with Gasteiger partial charge >= 0.3 is 6.09 Å². The number of aliphatic hydroxyl groups excluding tert-OH is 1. The molecular weight excluding hydrogens is 285 g/mol. The predicted octanol–water partition coefficient (Wildman–Crippen LogP) is 4.33. The van der Waals surface area contributed by atoms with Crippen LogP contribution in [-0.4, -0.2) is 16.8 Å². The molecule has 1 rings (SSSR count). The van der Waals surface area contributed by atoms with E-state index in [1.165, 1.54) is 13.0 Å². The number of hydrogen-bond acceptors (Lipinski definition) is 3. The summed E-state index contributed by atoms with van der Waals surface area (Å²) in [6, 6.07) is 4.75. The van der Waals surface area contributed by atoms with E-state index >= 15 is 0 Å². The molecule has 1 amide bonds. The summed E-state index contributed by atoms with van der Waals surface area (Å²) in [5.74, 6) is -0.534. The molecule has 0 saturated heterocycles. The average Bonchev–Trinajstić information content (AvgIpc) is 2.37. The second kappa shape index (κ2) is 7.11. The Morgan fingerprint density at radius 2 is 2.09 bits per heavy atom. The van der Waals surface area contributed by atoms with Crippen LogP contribution in [0.5, 0.6) is 0 Å². The Bertz CT molecular complexity index is 596. The number of carbonyl (C=O) groups is 1. The van der Waals surface area contributed by atoms with Crippen LogP contribution in [0.1, 0.15) is 38.8 Å². The normalized spacial score (nSPS) is 12.4. The van der Waals surface area contributed by atoms with Crippen LogP contribution in [0, 0.1) is 5.82 Å². The standard InChI is InChI=1S/C17H22FNO3/c1-6-13(11(2)20)14-9-7-8-12(15(14)18)10-19-16(21)22-17(3,4)5/h6-9,20H,1,10H2,2-5H3,(H,19,21)/b13-11-. The fourth-order valence-corrected chi connectivity index (χ4v) is 1.86. The molecule has 0 atom stereocenters. The minimum Gasteiger partial charge on any atom is -0.512 e. The van der Waals surface area contributed by atoms with Crippen LogP contribution < -0.4 is 5.32 Å². The molecule has 0 aliphatic rings. The van der Waals surface area contributed by atoms with Gasteiger partial charge in [0.15, 0.2) is 0 Å². The summed E-state index contributed by atoms with van der Waals surface area (Å²) < 4.78 is 19.6. The molecule has 120 valence electrons. The topological polar surface area (TPSA) is 58.6 Å². The maximum absolute atomic E-state index is 14.5. The highest BCUT2D eigenvalue weighted by molar-refractivity contribution is 5.75. The first-order valence-corrected chi connectivity index (χ1v) is 6.92. The third-order valence-corrected chi connectivity index (χ3v) is 2.78. The fraction of sp³-hybridized carbons (Fsp3) is 0.353. The number of nitrogens with one attached hydrogen (secondary N) is 1. The largest absolute Gasteiger partial charge is 0.512 e. The van der Waals surface area contributed by atoms with Gasteiger partial charge in [-0.2, -0.15) is 0 Å². The minimum atomic E-state index is -0.616. The Kier molecular flexibility index (Phi) is 5.74. The summed E-state index contributed by atoms with van der Waals surface area (Å²) >= 11 is 0. The first kappa shape index (κ1) is 17.8. The first-order valence-electron chi connectivity index (χ1n) is 6.92. The highest BCUT2D eigenvalue weighted by atomic mass is 19.1. The van der Waals surface area contributed by atoms with Crippen molar-refractivity contribution >= 4 is 11.7 Å². The van der Waals surface area contributed by atoms with Crippen LogP contribution in [0.2, 0.25) is 0 Å². The molecule has 1 aromatic rings. The first-order chi connectivity index (χ1) is 10.2. The molecule has 4 nitrogen and oxygen atoms in total. The summed E-state index contributed by atoms with van der Waals surface area (Å²) in [6.45, 7) is 10.3. The zero-order valence-electron chi connectivity index (χ0n) is 13.4. The number of carbonyl (C=O) groups excluding carboxylic acids is 1. The van der Waals surface area contributed by atoms with Crippen molar-refractivity contribution in [3.05, 3.63) is 53.6 Å². The van der Waals surface area contributed by atoms with Crippen LogP contribution in [0.25, 0.3) is 5.57 Å². The van der Waals surface area contributed by atoms with E-state index in [2.05, 4.69) is 11.9 Å². The molecule has 2 N–H and O–H groups in total. The SMILES string of the molecule is C=C/C(=C(\C)O)c1cccc(CNC(=O)OC(C)(C)C)c1F. The quantitative estimate of drug-likeness (QED) is 0.643. The lowest BCUT2D eigenvalue weighted by Crippen LogP contribution is -2.32. The van der Waals surface area contributed by atoms with Gasteiger partial charge in [-0.05, 0) is 27.7 Å². The molecule has 0 aliphatic carbocycles. The Balaban J connectivity index is 2.93. The maximum Gasteiger partial charge on any atom is 0.407 e. The average molecular weight is 307 g/mol. The van der Waals surface area contributed by atoms with Gasteiger partial charge in [0.05, 0.1) is 5.76 Å². The number of rotatable bonds is 4. The highest BCUT2D eigenvalue weighted by Gasteiger charge is 2.17. The molecular formula is C17H22FNO3. The number of halogens is 1. The molecule has 0 fully saturated rings. The molecule has 0 aliphatic heterocycles. The van der Waals surface area contributed by atoms with E-state index < -0.39 is 17.5 Å². The van der Waals surface area contributed by atoms with E-state index in [0.717, 1.165) is 0 Å². The summed E-state index contributed by atoms with van der Waals surface area (Å²) in [7, 11) is 0. The number of benzene rings is 1. The van der Waals surface area contributed by atoms with Gasteiger partial charge in [-0.1, -0.05) is 30.9 Å². The van der Waals surface area contributed by atoms with Crippen molar-refractivity contribution in [2.45, 2.75) is 39.8 Å². The van der Waals surface area contributed by atoms with Crippen molar-refractivity contribution in [2.75, 3.05) is 0 Å². The van der Waals surface area contributed by atoms with Crippen molar-refractivity contribution in [1.29, 1.82) is 0 Å². The van der Waals surface area contributed by atoms with Crippen molar-refractivity contribution < 1.29 is 19.0 Å². The third kappa shape index (κ3) is 4.91. The molecule has 0 heterocycles. The fourth-order valence-electron chi connectivity index (χ4n) is 1.86. The molecule has 0 aromatic heterocycles. The summed E-state index contributed by atoms with van der Waals surface area (Å²) in [6.07, 6.45) is 0.772. The van der Waals surface area contributed by atoms with Gasteiger partial charge in [0.25, 0.3) is 0 Å². The molecule has 22 heavy (non-hydrogen) atoms. The van der Waals surface area contributed by atoms with Crippen LogP contribution in [0.15, 0.2) is 36.6 Å². The Morgan fingerprint density at radius 3 is 2.59 bits per heavy atom. The van der Waals surface area contributed by atoms with Crippen molar-refractivity contribution in [1.82, 2.24) is 5.32 Å². The van der Waals surface area contributed by atoms with Gasteiger partial charge < -0.3 is 15.2 Å². The summed E-state index contributed by atoms with van der Waals surface area (Å²) in [5.41, 5.74) is 0.232. The molecule has 0 saturated carbocycles. The minimum absolute atomic E-state index is 0.0104. The highest BCUT2D eigenvalue weighted by Crippen LogP contribution is 2.24. The molecule has 0 radical (unpaired) electrons. The molecule has 1 aromatic carbocycles. The van der Waals surface area contributed by atoms with E-state index in [4.69, 9.17) is 4.74 Å². The smallest absolute Gasteiger partial charge is 0.407 e. The van der Waals surface area contributed by atoms with Crippen molar-refractivity contribution in [3.8, 4) is 0 Å². The Morgan fingerprint density at radius 1 is 1.45 bits per heavy atom. The van der Waals surface area contributed by atoms with Crippen LogP contribution in [0.3, 0.4) is 0 Å². The van der Waals surface area contributed by atoms with Gasteiger partial charge in [0.2, 0.25) is 0 Å². The molecule has 0 unspecified atom stereocenters. The van der Waals surface area contributed by atoms with Crippen molar-refractivity contribution in [2.24, 2.45) is 0 Å². The lowest BCUT2D eigenvalue weighted by molar-refractivity contribution is 0.0523. The van der Waals surface area contributed by atoms with E-state index in [0.29, 0.717) is 11.1 Å². The lowest BCUT2D eigenvalue weighted by Gasteiger charge is -2.20. The molecule has 0 spiro atoms. The summed E-state index contributed by atoms with van der Waals surface area (Å²) in [4.78, 5) is 11.6. The van der Waals surface area contributed by atoms with Crippen LogP contribution in [-0.2, 0) is 11.3 Å². The van der Waals surface area contributed by atoms with Gasteiger partial charge in [0, 0.05) is 23.2 Å². The Labute approximate surface area is 130 Å². The van der Waals surface area contributed by atoms with Gasteiger partial charge in [-0.15, -0.1) is 0 Å². The van der Waals surface area contributed by atoms with Gasteiger partial charge in [-0.3, -0.25) is 0 Å². The Hall–Kier alpha value is -2.30. The number of alkyl carbamates (subject to hydrolysis) is 1. The van der Waals surface area contributed by atoms with E-state index in [-0.39, 0.29) is 17.9 Å². The van der Waals surface area contributed by atoms with Crippen LogP contribution >= 0.6 is 0 Å². The zero-order chi connectivity index (χ0) is 16.9. The predicted molar refractivity (Wildman–Crippen MR) is 84.9 cm³/mol. The molecule has 5 heteroatoms.